The van der Waals surface area contributed by atoms with Crippen LogP contribution in [-0.4, -0.2) is 41.4 Å². The Bertz CT molecular complexity index is 1790. The van der Waals surface area contributed by atoms with Crippen molar-refractivity contribution in [3.8, 4) is 10.6 Å². The van der Waals surface area contributed by atoms with E-state index in [0.717, 1.165) is 50.7 Å². The summed E-state index contributed by atoms with van der Waals surface area (Å²) in [6.07, 6.45) is 11.1. The summed E-state index contributed by atoms with van der Waals surface area (Å²) >= 11 is 1.67. The summed E-state index contributed by atoms with van der Waals surface area (Å²) in [6.45, 7) is 12.9. The molecule has 2 unspecified atom stereocenters. The van der Waals surface area contributed by atoms with Crippen LogP contribution in [0.25, 0.3) is 21.5 Å². The van der Waals surface area contributed by atoms with Gasteiger partial charge in [0.15, 0.2) is 0 Å². The van der Waals surface area contributed by atoms with E-state index in [4.69, 9.17) is 4.98 Å². The van der Waals surface area contributed by atoms with Gasteiger partial charge in [-0.15, -0.1) is 24.5 Å². The third-order valence-electron chi connectivity index (χ3n) is 9.60. The topological polar surface area (TPSA) is 87.2 Å². The third-order valence-corrected chi connectivity index (χ3v) is 10.7. The number of amides is 2. The van der Waals surface area contributed by atoms with Crippen LogP contribution in [0.1, 0.15) is 89.1 Å². The summed E-state index contributed by atoms with van der Waals surface area (Å²) in [5.74, 6) is 0.552. The lowest BCUT2D eigenvalue weighted by Crippen LogP contribution is -2.39. The van der Waals surface area contributed by atoms with E-state index in [9.17, 15) is 9.59 Å². The molecule has 0 spiro atoms. The summed E-state index contributed by atoms with van der Waals surface area (Å²) in [6, 6.07) is 16.9. The zero-order valence-corrected chi connectivity index (χ0v) is 28.4. The van der Waals surface area contributed by atoms with Crippen molar-refractivity contribution in [1.82, 2.24) is 20.6 Å². The fourth-order valence-electron chi connectivity index (χ4n) is 7.44. The third kappa shape index (κ3) is 7.03. The van der Waals surface area contributed by atoms with Crippen molar-refractivity contribution >= 4 is 39.7 Å². The van der Waals surface area contributed by atoms with Gasteiger partial charge in [-0.1, -0.05) is 49.6 Å². The van der Waals surface area contributed by atoms with Crippen LogP contribution in [0, 0.1) is 19.8 Å². The van der Waals surface area contributed by atoms with Gasteiger partial charge in [0.05, 0.1) is 39.4 Å². The van der Waals surface area contributed by atoms with E-state index in [1.54, 1.807) is 17.4 Å². The first-order valence-electron chi connectivity index (χ1n) is 16.9. The average Bonchev–Trinajstić information content (AvgIpc) is 3.59. The Balaban J connectivity index is 1.42. The number of fused-ring (bicyclic) bond motifs is 2. The average molecular weight is 648 g/mol. The Hall–Kier alpha value is -4.30. The lowest BCUT2D eigenvalue weighted by Gasteiger charge is -2.36. The van der Waals surface area contributed by atoms with Crippen molar-refractivity contribution in [1.29, 1.82) is 0 Å². The highest BCUT2D eigenvalue weighted by Crippen LogP contribution is 2.55. The van der Waals surface area contributed by atoms with Gasteiger partial charge in [-0.3, -0.25) is 9.59 Å². The molecule has 0 saturated heterocycles. The van der Waals surface area contributed by atoms with Gasteiger partial charge in [0, 0.05) is 35.6 Å². The first kappa shape index (κ1) is 32.6. The lowest BCUT2D eigenvalue weighted by molar-refractivity contribution is -0.119. The fraction of sp³-hybridized carbons (Fsp3) is 0.385. The highest BCUT2D eigenvalue weighted by Gasteiger charge is 2.44. The second-order valence-corrected chi connectivity index (χ2v) is 14.0. The second kappa shape index (κ2) is 14.6. The van der Waals surface area contributed by atoms with Crippen LogP contribution < -0.4 is 15.5 Å². The van der Waals surface area contributed by atoms with Crippen LogP contribution in [0.2, 0.25) is 0 Å². The van der Waals surface area contributed by atoms with Crippen LogP contribution in [0.3, 0.4) is 0 Å². The van der Waals surface area contributed by atoms with E-state index in [2.05, 4.69) is 70.1 Å². The number of thiazole rings is 1. The van der Waals surface area contributed by atoms with Crippen molar-refractivity contribution < 1.29 is 9.59 Å². The zero-order valence-electron chi connectivity index (χ0n) is 27.6. The van der Waals surface area contributed by atoms with E-state index in [1.165, 1.54) is 30.4 Å². The highest BCUT2D eigenvalue weighted by atomic mass is 32.1. The number of nitrogens with one attached hydrogen (secondary N) is 2. The molecule has 6 rings (SSSR count). The fourth-order valence-corrected chi connectivity index (χ4v) is 8.33. The smallest absolute Gasteiger partial charge is 0.251 e. The molecule has 2 aliphatic rings. The van der Waals surface area contributed by atoms with Crippen molar-refractivity contribution in [2.75, 3.05) is 24.5 Å². The van der Waals surface area contributed by atoms with E-state index < -0.39 is 0 Å². The summed E-state index contributed by atoms with van der Waals surface area (Å²) in [5, 5.41) is 8.20. The van der Waals surface area contributed by atoms with Gasteiger partial charge < -0.3 is 15.5 Å². The van der Waals surface area contributed by atoms with E-state index in [1.807, 2.05) is 32.1 Å². The molecule has 7 nitrogen and oxygen atoms in total. The molecule has 1 fully saturated rings. The summed E-state index contributed by atoms with van der Waals surface area (Å²) < 4.78 is 0. The van der Waals surface area contributed by atoms with E-state index in [0.29, 0.717) is 37.4 Å². The van der Waals surface area contributed by atoms with Gasteiger partial charge in [-0.2, -0.15) is 0 Å². The number of aryl methyl sites for hydroxylation is 2. The van der Waals surface area contributed by atoms with Gasteiger partial charge in [-0.05, 0) is 86.9 Å². The predicted molar refractivity (Wildman–Crippen MR) is 193 cm³/mol. The van der Waals surface area contributed by atoms with Crippen LogP contribution in [0.4, 0.5) is 5.69 Å². The van der Waals surface area contributed by atoms with Gasteiger partial charge >= 0.3 is 0 Å². The molecule has 2 aromatic carbocycles. The number of pyridine rings is 1. The van der Waals surface area contributed by atoms with Crippen molar-refractivity contribution in [3.05, 3.63) is 101 Å². The molecule has 1 saturated carbocycles. The zero-order chi connectivity index (χ0) is 32.9. The molecule has 244 valence electrons. The molecule has 47 heavy (non-hydrogen) atoms. The van der Waals surface area contributed by atoms with E-state index >= 15 is 0 Å². The number of benzene rings is 2. The van der Waals surface area contributed by atoms with Crippen molar-refractivity contribution in [2.24, 2.45) is 5.92 Å². The molecule has 1 aliphatic carbocycles. The summed E-state index contributed by atoms with van der Waals surface area (Å²) in [4.78, 5) is 39.7. The molecule has 3 heterocycles. The molecular formula is C39H45N5O2S. The van der Waals surface area contributed by atoms with Gasteiger partial charge in [-0.25, -0.2) is 9.97 Å². The molecule has 2 atom stereocenters. The quantitative estimate of drug-likeness (QED) is 0.120. The maximum atomic E-state index is 13.5. The molecule has 2 aromatic heterocycles. The summed E-state index contributed by atoms with van der Waals surface area (Å²) in [5.41, 5.74) is 6.87. The van der Waals surface area contributed by atoms with Crippen LogP contribution in [-0.2, 0) is 4.79 Å². The number of carbonyl (C=O) groups is 2. The number of carbonyl (C=O) groups excluding carboxylic acids is 2. The first-order chi connectivity index (χ1) is 22.9. The highest BCUT2D eigenvalue weighted by molar-refractivity contribution is 7.15. The molecular weight excluding hydrogens is 603 g/mol. The molecule has 2 N–H and O–H groups in total. The maximum absolute atomic E-state index is 13.5. The lowest BCUT2D eigenvalue weighted by atomic mass is 9.73. The maximum Gasteiger partial charge on any atom is 0.251 e. The Kier molecular flexibility index (Phi) is 10.2. The number of hydrogen-bond acceptors (Lipinski definition) is 6. The van der Waals surface area contributed by atoms with Crippen LogP contribution in [0.15, 0.2) is 73.8 Å². The number of nitrogens with zero attached hydrogens (tertiary/aromatic N) is 3. The molecule has 1 aliphatic heterocycles. The Morgan fingerprint density at radius 3 is 2.43 bits per heavy atom. The largest absolute Gasteiger partial charge is 0.354 e. The Labute approximate surface area is 282 Å². The monoisotopic (exact) mass is 647 g/mol. The van der Waals surface area contributed by atoms with Crippen LogP contribution in [0.5, 0.6) is 0 Å². The number of rotatable bonds is 12. The molecule has 0 bridgehead atoms. The Morgan fingerprint density at radius 1 is 0.936 bits per heavy atom. The molecule has 0 radical (unpaired) electrons. The minimum atomic E-state index is -0.110. The SMILES string of the molecule is C=CCCNC(=O)CN1c2cc(C(=O)NCCC=C)ccc2C(C2CCCCC2)C1c1ccc2nc(-c3sc(C)nc3C)ccc2c1. The second-order valence-electron chi connectivity index (χ2n) is 12.8. The van der Waals surface area contributed by atoms with Gasteiger partial charge in [0.1, 0.15) is 0 Å². The van der Waals surface area contributed by atoms with E-state index in [-0.39, 0.29) is 30.3 Å². The van der Waals surface area contributed by atoms with Gasteiger partial charge in [0.2, 0.25) is 5.91 Å². The normalized spacial score (nSPS) is 17.8. The standard InChI is InChI=1S/C39H45N5O2S/c1-5-7-20-40-35(45)24-44-34-23-30(39(46)41-21-8-6-2)14-17-31(34)36(27-12-10-9-11-13-27)37(44)29-16-18-32-28(22-29)15-19-33(43-32)38-25(3)42-26(4)47-38/h5-6,14-19,22-23,27,36-37H,1-2,7-13,20-21,24H2,3-4H3,(H,40,45)(H,41,46). The molecule has 2 amide bonds. The molecule has 4 aromatic rings. The van der Waals surface area contributed by atoms with Crippen molar-refractivity contribution in [2.45, 2.75) is 70.8 Å². The first-order valence-corrected chi connectivity index (χ1v) is 17.7. The number of anilines is 1. The van der Waals surface area contributed by atoms with Crippen LogP contribution >= 0.6 is 11.3 Å². The number of hydrogen-bond donors (Lipinski definition) is 2. The summed E-state index contributed by atoms with van der Waals surface area (Å²) in [7, 11) is 0. The molecule has 8 heteroatoms. The predicted octanol–water partition coefficient (Wildman–Crippen LogP) is 8.20. The number of aromatic nitrogens is 2. The van der Waals surface area contributed by atoms with Crippen molar-refractivity contribution in [3.63, 3.8) is 0 Å². The van der Waals surface area contributed by atoms with Gasteiger partial charge in [0.25, 0.3) is 5.91 Å². The Morgan fingerprint density at radius 2 is 1.70 bits per heavy atom. The minimum absolute atomic E-state index is 0.0322. The minimum Gasteiger partial charge on any atom is -0.354 e.